The second kappa shape index (κ2) is 21.1. The van der Waals surface area contributed by atoms with Crippen molar-refractivity contribution in [3.05, 3.63) is 80.0 Å². The molecule has 326 valence electrons. The third kappa shape index (κ3) is 12.8. The summed E-state index contributed by atoms with van der Waals surface area (Å²) in [5.74, 6) is 2.71. The van der Waals surface area contributed by atoms with Crippen molar-refractivity contribution in [3.63, 3.8) is 0 Å². The fraction of sp³-hybridized carbons (Fsp3) is 0.286. The highest BCUT2D eigenvalue weighted by Gasteiger charge is 2.28. The Morgan fingerprint density at radius 3 is 2.26 bits per heavy atom. The first-order chi connectivity index (χ1) is 28.8. The van der Waals surface area contributed by atoms with Gasteiger partial charge in [0, 0.05) is 37.7 Å². The number of carboxylic acids is 1. The number of pyridine rings is 1. The number of carboxylic acid groups (broad SMARTS) is 1. The molecule has 2 aromatic carbocycles. The summed E-state index contributed by atoms with van der Waals surface area (Å²) in [4.78, 5) is 46.2. The van der Waals surface area contributed by atoms with Crippen molar-refractivity contribution in [1.29, 1.82) is 0 Å². The molecular weight excluding hydrogens is 909 g/mol. The van der Waals surface area contributed by atoms with E-state index in [4.69, 9.17) is 65.3 Å². The first kappa shape index (κ1) is 47.8. The Labute approximate surface area is 363 Å². The molecule has 0 bridgehead atoms. The number of rotatable bonds is 12. The normalized spacial score (nSPS) is 12.0. The van der Waals surface area contributed by atoms with Crippen LogP contribution in [0.15, 0.2) is 53.5 Å². The average molecular weight is 945 g/mol. The molecule has 0 atom stereocenters. The molecule has 4 heterocycles. The third-order valence-corrected chi connectivity index (χ3v) is 12.3. The van der Waals surface area contributed by atoms with Crippen LogP contribution in [-0.4, -0.2) is 108 Å². The number of nitrogens with one attached hydrogen (secondary N) is 2. The number of methoxy groups -OCH3 is 2. The highest BCUT2D eigenvalue weighted by Crippen LogP contribution is 2.33. The van der Waals surface area contributed by atoms with Crippen LogP contribution in [0, 0.1) is 12.3 Å². The van der Waals surface area contributed by atoms with Crippen molar-refractivity contribution in [2.45, 2.75) is 25.8 Å². The molecule has 2 amide bonds. The summed E-state index contributed by atoms with van der Waals surface area (Å²) in [5, 5.41) is 16.9. The summed E-state index contributed by atoms with van der Waals surface area (Å²) >= 11 is 18.3. The number of aromatic nitrogens is 6. The van der Waals surface area contributed by atoms with Crippen LogP contribution >= 0.6 is 34.8 Å². The zero-order chi connectivity index (χ0) is 45.1. The van der Waals surface area contributed by atoms with Crippen molar-refractivity contribution >= 4 is 83.9 Å². The van der Waals surface area contributed by atoms with Gasteiger partial charge in [0.05, 0.1) is 47.3 Å². The molecule has 3 aromatic heterocycles. The van der Waals surface area contributed by atoms with Gasteiger partial charge in [0.15, 0.2) is 6.61 Å². The van der Waals surface area contributed by atoms with Gasteiger partial charge < -0.3 is 24.1 Å². The van der Waals surface area contributed by atoms with Gasteiger partial charge in [-0.3, -0.25) is 14.9 Å². The summed E-state index contributed by atoms with van der Waals surface area (Å²) in [6, 6.07) is 10.0. The van der Waals surface area contributed by atoms with E-state index in [1.807, 2.05) is 5.32 Å². The van der Waals surface area contributed by atoms with Crippen LogP contribution in [0.2, 0.25) is 15.1 Å². The Balaban J connectivity index is 0.000000205. The van der Waals surface area contributed by atoms with Crippen LogP contribution in [-0.2, 0) is 38.0 Å². The molecule has 26 heteroatoms. The van der Waals surface area contributed by atoms with Gasteiger partial charge >= 0.3 is 27.9 Å². The molecule has 1 aliphatic heterocycles. The number of hydrogen-bond donors (Lipinski definition) is 3. The number of carbonyl (C=O) groups excluding carboxylic acids is 1. The minimum atomic E-state index is -4.60. The summed E-state index contributed by atoms with van der Waals surface area (Å²) in [6.45, 7) is 0.364. The third-order valence-electron chi connectivity index (χ3n) is 7.89. The van der Waals surface area contributed by atoms with Gasteiger partial charge in [-0.1, -0.05) is 44.4 Å². The number of carbonyl (C=O) groups is 2. The van der Waals surface area contributed by atoms with Crippen molar-refractivity contribution in [2.75, 3.05) is 46.1 Å². The summed E-state index contributed by atoms with van der Waals surface area (Å²) in [5.41, 5.74) is 0.795. The molecule has 0 fully saturated rings. The summed E-state index contributed by atoms with van der Waals surface area (Å²) < 4.78 is 70.5. The van der Waals surface area contributed by atoms with E-state index in [0.717, 1.165) is 37.5 Å². The first-order valence-electron chi connectivity index (χ1n) is 17.2. The van der Waals surface area contributed by atoms with Gasteiger partial charge in [0.25, 0.3) is 0 Å². The Morgan fingerprint density at radius 2 is 1.66 bits per heavy atom. The lowest BCUT2D eigenvalue weighted by Gasteiger charge is -2.15. The van der Waals surface area contributed by atoms with Crippen LogP contribution in [0.5, 0.6) is 23.3 Å². The zero-order valence-electron chi connectivity index (χ0n) is 32.5. The molecule has 3 N–H and O–H groups in total. The Bertz CT molecular complexity index is 2720. The summed E-state index contributed by atoms with van der Waals surface area (Å²) in [7, 11) is -5.27. The quantitative estimate of drug-likeness (QED) is 0.150. The lowest BCUT2D eigenvalue weighted by molar-refractivity contribution is -0.139. The second-order valence-corrected chi connectivity index (χ2v) is 17.2. The van der Waals surface area contributed by atoms with Crippen LogP contribution in [0.4, 0.5) is 10.7 Å². The molecular formula is C35H36Cl3N9O12S2. The predicted molar refractivity (Wildman–Crippen MR) is 224 cm³/mol. The maximum atomic E-state index is 12.5. The molecule has 61 heavy (non-hydrogen) atoms. The van der Waals surface area contributed by atoms with Crippen LogP contribution in [0.3, 0.4) is 0 Å². The number of aryl methyl sites for hydroxylation is 1. The van der Waals surface area contributed by atoms with Gasteiger partial charge in [-0.05, 0) is 43.2 Å². The largest absolute Gasteiger partial charge is 0.481 e. The number of ether oxygens (including phenoxy) is 4. The number of halogens is 3. The van der Waals surface area contributed by atoms with E-state index in [-0.39, 0.29) is 33.7 Å². The van der Waals surface area contributed by atoms with Crippen LogP contribution in [0.1, 0.15) is 18.7 Å². The maximum Gasteiger partial charge on any atom is 0.350 e. The molecule has 0 radical (unpaired) electrons. The monoisotopic (exact) mass is 943 g/mol. The minimum Gasteiger partial charge on any atom is -0.481 e. The Morgan fingerprint density at radius 1 is 0.967 bits per heavy atom. The summed E-state index contributed by atoms with van der Waals surface area (Å²) in [6.07, 6.45) is 10.2. The van der Waals surface area contributed by atoms with Gasteiger partial charge in [0.1, 0.15) is 29.4 Å². The van der Waals surface area contributed by atoms with Crippen molar-refractivity contribution < 1.29 is 50.5 Å². The highest BCUT2D eigenvalue weighted by atomic mass is 35.5. The molecule has 1 aliphatic rings. The van der Waals surface area contributed by atoms with Crippen LogP contribution < -0.4 is 34.7 Å². The number of benzene rings is 2. The highest BCUT2D eigenvalue weighted by molar-refractivity contribution is 8.03. The van der Waals surface area contributed by atoms with Crippen molar-refractivity contribution in [3.8, 4) is 41.3 Å². The lowest BCUT2D eigenvalue weighted by Crippen LogP contribution is -2.45. The molecule has 6 rings (SSSR count). The SMILES string of the molecule is C#CCOc1cc(-n2nc3n(c2=O)CCCC3)c(Cl)cc1Cl.COc1cc(OC)nc(NC(=O)NS(=O)(=O)N(C)S(C)(=O)=O)n1.O=C(O)COc1ccc(Cl)c2cccnc12. The lowest BCUT2D eigenvalue weighted by atomic mass is 10.2. The number of urea groups is 1. The van der Waals surface area contributed by atoms with Gasteiger partial charge in [-0.2, -0.15) is 23.1 Å². The fourth-order valence-corrected chi connectivity index (χ4v) is 7.68. The van der Waals surface area contributed by atoms with E-state index in [1.165, 1.54) is 35.8 Å². The first-order valence-corrected chi connectivity index (χ1v) is 21.6. The number of anilines is 1. The molecule has 0 spiro atoms. The topological polar surface area (TPSA) is 265 Å². The number of sulfonamides is 1. The minimum absolute atomic E-state index is 0.00654. The molecule has 0 unspecified atom stereocenters. The van der Waals surface area contributed by atoms with E-state index in [2.05, 4.69) is 26.0 Å². The number of aliphatic carboxylic acids is 1. The van der Waals surface area contributed by atoms with E-state index >= 15 is 0 Å². The van der Waals surface area contributed by atoms with Crippen molar-refractivity contribution in [1.82, 2.24) is 37.7 Å². The number of terminal acetylenes is 1. The Kier molecular flexibility index (Phi) is 16.5. The van der Waals surface area contributed by atoms with Crippen molar-refractivity contribution in [2.24, 2.45) is 0 Å². The average Bonchev–Trinajstić information content (AvgIpc) is 3.55. The number of amides is 2. The van der Waals surface area contributed by atoms with Crippen LogP contribution in [0.25, 0.3) is 16.6 Å². The van der Waals surface area contributed by atoms with Gasteiger partial charge in [-0.25, -0.2) is 27.5 Å². The standard InChI is InChI=1S/C15H13Cl2N3O2.C11H8ClNO3.C9H15N5O7S2/c1-2-7-22-13-9-12(10(16)8-11(13)17)20-15(21)19-6-4-3-5-14(19)18-20;12-8-3-4-9(16-6-10(14)15)11-7(8)2-1-5-13-11;1-14(22(4,16)17)23(18,19)13-9(15)12-8-10-6(20-2)5-7(11-8)21-3/h1,8-9H,3-7H2;1-5H,6H2,(H,14,15);5H,1-4H3,(H2,10,11,12,13,15). The number of fused-ring (bicyclic) bond motifs is 2. The molecule has 5 aromatic rings. The molecule has 0 saturated carbocycles. The van der Waals surface area contributed by atoms with Gasteiger partial charge in [0.2, 0.25) is 27.7 Å². The second-order valence-electron chi connectivity index (χ2n) is 12.1. The number of nitrogens with zero attached hydrogens (tertiary/aromatic N) is 7. The maximum absolute atomic E-state index is 12.5. The molecule has 0 saturated heterocycles. The zero-order valence-corrected chi connectivity index (χ0v) is 36.4. The van der Waals surface area contributed by atoms with E-state index in [1.54, 1.807) is 41.1 Å². The van der Waals surface area contributed by atoms with E-state index in [0.29, 0.717) is 50.6 Å². The fourth-order valence-electron chi connectivity index (χ4n) is 4.99. The smallest absolute Gasteiger partial charge is 0.350 e. The number of hydrogen-bond acceptors (Lipinski definition) is 15. The van der Waals surface area contributed by atoms with E-state index in [9.17, 15) is 31.2 Å². The molecule has 21 nitrogen and oxygen atoms in total. The van der Waals surface area contributed by atoms with Gasteiger partial charge in [-0.15, -0.1) is 11.5 Å². The van der Waals surface area contributed by atoms with E-state index < -0.39 is 38.8 Å². The molecule has 0 aliphatic carbocycles. The predicted octanol–water partition coefficient (Wildman–Crippen LogP) is 3.79. The Hall–Kier alpha value is -5.90.